The minimum Gasteiger partial charge on any atom is -0.381 e. The molecule has 0 radical (unpaired) electrons. The van der Waals surface area contributed by atoms with Gasteiger partial charge in [-0.15, -0.1) is 0 Å². The van der Waals surface area contributed by atoms with Crippen LogP contribution >= 0.6 is 0 Å². The zero-order chi connectivity index (χ0) is 13.1. The molecule has 1 aliphatic heterocycles. The number of nitrogens with two attached hydrogens (primary N) is 1. The van der Waals surface area contributed by atoms with Crippen LogP contribution in [0, 0.1) is 13.8 Å². The Bertz CT molecular complexity index is 412. The van der Waals surface area contributed by atoms with Gasteiger partial charge in [-0.25, -0.2) is 0 Å². The van der Waals surface area contributed by atoms with Crippen molar-refractivity contribution in [2.24, 2.45) is 5.73 Å². The van der Waals surface area contributed by atoms with E-state index in [4.69, 9.17) is 10.5 Å². The van der Waals surface area contributed by atoms with Crippen molar-refractivity contribution in [1.29, 1.82) is 0 Å². The topological polar surface area (TPSA) is 51.4 Å². The van der Waals surface area contributed by atoms with Crippen LogP contribution in [0.15, 0.2) is 6.07 Å². The van der Waals surface area contributed by atoms with E-state index in [2.05, 4.69) is 16.0 Å². The maximum atomic E-state index is 5.87. The molecule has 4 nitrogen and oxygen atoms in total. The molecule has 4 heteroatoms. The molecule has 2 N–H and O–H groups in total. The quantitative estimate of drug-likeness (QED) is 0.887. The third-order valence-corrected chi connectivity index (χ3v) is 3.76. The van der Waals surface area contributed by atoms with E-state index in [9.17, 15) is 0 Å². The highest BCUT2D eigenvalue weighted by Crippen LogP contribution is 2.27. The van der Waals surface area contributed by atoms with E-state index in [0.717, 1.165) is 37.3 Å². The highest BCUT2D eigenvalue weighted by Gasteiger charge is 2.21. The van der Waals surface area contributed by atoms with Crippen molar-refractivity contribution in [2.45, 2.75) is 39.3 Å². The molecule has 1 aromatic rings. The molecule has 0 aliphatic carbocycles. The second-order valence-corrected chi connectivity index (χ2v) is 4.97. The van der Waals surface area contributed by atoms with Crippen LogP contribution in [0.25, 0.3) is 0 Å². The average Bonchev–Trinajstić information content (AvgIpc) is 2.38. The van der Waals surface area contributed by atoms with Crippen molar-refractivity contribution in [3.8, 4) is 0 Å². The van der Waals surface area contributed by atoms with Crippen LogP contribution in [0.3, 0.4) is 0 Å². The van der Waals surface area contributed by atoms with Crippen molar-refractivity contribution in [3.63, 3.8) is 0 Å². The SMILES string of the molecule is COC1CCN(c2cc(C)nc(C)c2CN)CC1. The van der Waals surface area contributed by atoms with Crippen LogP contribution in [0.2, 0.25) is 0 Å². The van der Waals surface area contributed by atoms with Gasteiger partial charge in [-0.05, 0) is 32.8 Å². The van der Waals surface area contributed by atoms with Gasteiger partial charge in [-0.2, -0.15) is 0 Å². The fraction of sp³-hybridized carbons (Fsp3) is 0.643. The molecule has 0 bridgehead atoms. The number of ether oxygens (including phenoxy) is 1. The lowest BCUT2D eigenvalue weighted by Crippen LogP contribution is -2.37. The predicted octanol–water partition coefficient (Wildman–Crippen LogP) is 1.77. The second kappa shape index (κ2) is 5.67. The lowest BCUT2D eigenvalue weighted by Gasteiger charge is -2.34. The Balaban J connectivity index is 2.23. The first kappa shape index (κ1) is 13.3. The lowest BCUT2D eigenvalue weighted by molar-refractivity contribution is 0.0819. The summed E-state index contributed by atoms with van der Waals surface area (Å²) in [6.07, 6.45) is 2.58. The standard InChI is InChI=1S/C14H23N3O/c1-10-8-14(13(9-15)11(2)16-10)17-6-4-12(18-3)5-7-17/h8,12H,4-7,9,15H2,1-3H3. The Hall–Kier alpha value is -1.13. The second-order valence-electron chi connectivity index (χ2n) is 4.97. The van der Waals surface area contributed by atoms with Gasteiger partial charge in [-0.1, -0.05) is 0 Å². The number of anilines is 1. The molecule has 1 fully saturated rings. The van der Waals surface area contributed by atoms with Gasteiger partial charge in [0.05, 0.1) is 6.10 Å². The largest absolute Gasteiger partial charge is 0.381 e. The van der Waals surface area contributed by atoms with Gasteiger partial charge in [-0.3, -0.25) is 4.98 Å². The van der Waals surface area contributed by atoms with Crippen molar-refractivity contribution < 1.29 is 4.74 Å². The minimum atomic E-state index is 0.409. The Labute approximate surface area is 109 Å². The molecule has 1 aromatic heterocycles. The molecule has 1 saturated heterocycles. The maximum Gasteiger partial charge on any atom is 0.0605 e. The molecule has 0 spiro atoms. The number of nitrogens with zero attached hydrogens (tertiary/aromatic N) is 2. The monoisotopic (exact) mass is 249 g/mol. The molecule has 0 aromatic carbocycles. The summed E-state index contributed by atoms with van der Waals surface area (Å²) in [5.41, 5.74) is 10.4. The summed E-state index contributed by atoms with van der Waals surface area (Å²) in [7, 11) is 1.80. The average molecular weight is 249 g/mol. The molecule has 1 aliphatic rings. The third-order valence-electron chi connectivity index (χ3n) is 3.76. The summed E-state index contributed by atoms with van der Waals surface area (Å²) in [6, 6.07) is 2.16. The van der Waals surface area contributed by atoms with Gasteiger partial charge in [0.2, 0.25) is 0 Å². The smallest absolute Gasteiger partial charge is 0.0605 e. The molecule has 2 rings (SSSR count). The first-order valence-electron chi connectivity index (χ1n) is 6.60. The van der Waals surface area contributed by atoms with Crippen LogP contribution in [0.5, 0.6) is 0 Å². The Morgan fingerprint density at radius 1 is 1.39 bits per heavy atom. The van der Waals surface area contributed by atoms with Gasteiger partial charge in [0.15, 0.2) is 0 Å². The first-order chi connectivity index (χ1) is 8.65. The first-order valence-corrected chi connectivity index (χ1v) is 6.60. The normalized spacial score (nSPS) is 17.2. The lowest BCUT2D eigenvalue weighted by atomic mass is 10.0. The van der Waals surface area contributed by atoms with Gasteiger partial charge >= 0.3 is 0 Å². The van der Waals surface area contributed by atoms with E-state index in [0.29, 0.717) is 12.6 Å². The van der Waals surface area contributed by atoms with Gasteiger partial charge in [0.25, 0.3) is 0 Å². The van der Waals surface area contributed by atoms with Gasteiger partial charge in [0.1, 0.15) is 0 Å². The fourth-order valence-electron chi connectivity index (χ4n) is 2.70. The molecule has 0 atom stereocenters. The van der Waals surface area contributed by atoms with E-state index in [-0.39, 0.29) is 0 Å². The fourth-order valence-corrected chi connectivity index (χ4v) is 2.70. The zero-order valence-corrected chi connectivity index (χ0v) is 11.6. The van der Waals surface area contributed by atoms with Crippen LogP contribution in [-0.4, -0.2) is 31.3 Å². The molecular weight excluding hydrogens is 226 g/mol. The summed E-state index contributed by atoms with van der Waals surface area (Å²) < 4.78 is 5.42. The molecule has 0 unspecified atom stereocenters. The predicted molar refractivity (Wildman–Crippen MR) is 73.8 cm³/mol. The molecule has 18 heavy (non-hydrogen) atoms. The zero-order valence-electron chi connectivity index (χ0n) is 11.6. The number of aryl methyl sites for hydroxylation is 2. The van der Waals surface area contributed by atoms with Crippen molar-refractivity contribution in [3.05, 3.63) is 23.0 Å². The highest BCUT2D eigenvalue weighted by molar-refractivity contribution is 5.56. The van der Waals surface area contributed by atoms with E-state index in [1.165, 1.54) is 11.3 Å². The number of aromatic nitrogens is 1. The van der Waals surface area contributed by atoms with Crippen LogP contribution in [0.1, 0.15) is 29.8 Å². The number of piperidine rings is 1. The number of rotatable bonds is 3. The number of hydrogen-bond acceptors (Lipinski definition) is 4. The van der Waals surface area contributed by atoms with Crippen molar-refractivity contribution in [2.75, 3.05) is 25.1 Å². The third kappa shape index (κ3) is 2.65. The molecule has 0 saturated carbocycles. The van der Waals surface area contributed by atoms with Gasteiger partial charge in [0, 0.05) is 49.4 Å². The summed E-state index contributed by atoms with van der Waals surface area (Å²) in [5.74, 6) is 0. The molecule has 2 heterocycles. The van der Waals surface area contributed by atoms with E-state index in [1.54, 1.807) is 7.11 Å². The van der Waals surface area contributed by atoms with Crippen molar-refractivity contribution in [1.82, 2.24) is 4.98 Å². The summed E-state index contributed by atoms with van der Waals surface area (Å²) in [6.45, 7) is 6.71. The number of pyridine rings is 1. The molecular formula is C14H23N3O. The van der Waals surface area contributed by atoms with Crippen LogP contribution in [-0.2, 0) is 11.3 Å². The molecule has 100 valence electrons. The van der Waals surface area contributed by atoms with Gasteiger partial charge < -0.3 is 15.4 Å². The maximum absolute atomic E-state index is 5.87. The number of hydrogen-bond donors (Lipinski definition) is 1. The van der Waals surface area contributed by atoms with E-state index in [1.807, 2.05) is 13.8 Å². The van der Waals surface area contributed by atoms with E-state index < -0.39 is 0 Å². The summed E-state index contributed by atoms with van der Waals surface area (Å²) in [5, 5.41) is 0. The summed E-state index contributed by atoms with van der Waals surface area (Å²) >= 11 is 0. The van der Waals surface area contributed by atoms with Crippen molar-refractivity contribution >= 4 is 5.69 Å². The number of methoxy groups -OCH3 is 1. The Morgan fingerprint density at radius 3 is 2.61 bits per heavy atom. The van der Waals surface area contributed by atoms with E-state index >= 15 is 0 Å². The highest BCUT2D eigenvalue weighted by atomic mass is 16.5. The molecule has 0 amide bonds. The Morgan fingerprint density at radius 2 is 2.06 bits per heavy atom. The summed E-state index contributed by atoms with van der Waals surface area (Å²) in [4.78, 5) is 6.92. The minimum absolute atomic E-state index is 0.409. The Kier molecular flexibility index (Phi) is 4.19. The van der Waals surface area contributed by atoms with Crippen LogP contribution < -0.4 is 10.6 Å². The van der Waals surface area contributed by atoms with Crippen LogP contribution in [0.4, 0.5) is 5.69 Å².